The number of amides is 1. The Morgan fingerprint density at radius 2 is 1.71 bits per heavy atom. The summed E-state index contributed by atoms with van der Waals surface area (Å²) in [5.41, 5.74) is 0.658. The Balaban J connectivity index is 2.12. The van der Waals surface area contributed by atoms with Gasteiger partial charge in [-0.2, -0.15) is 0 Å². The predicted molar refractivity (Wildman–Crippen MR) is 81.3 cm³/mol. The van der Waals surface area contributed by atoms with Gasteiger partial charge in [-0.1, -0.05) is 12.1 Å². The molecule has 0 saturated heterocycles. The van der Waals surface area contributed by atoms with Crippen LogP contribution in [0.1, 0.15) is 13.8 Å². The number of fused-ring (bicyclic) bond motifs is 1. The van der Waals surface area contributed by atoms with E-state index in [1.807, 2.05) is 48.5 Å². The first-order valence-corrected chi connectivity index (χ1v) is 6.79. The SMILES string of the molecule is COc1ccc(N2C(=O)C(C)(C)Oc3ccccc32)cc1. The van der Waals surface area contributed by atoms with Crippen LogP contribution in [0.4, 0.5) is 11.4 Å². The Bertz CT molecular complexity index is 677. The van der Waals surface area contributed by atoms with Crippen LogP contribution in [-0.2, 0) is 4.79 Å². The zero-order chi connectivity index (χ0) is 15.0. The van der Waals surface area contributed by atoms with Crippen LogP contribution >= 0.6 is 0 Å². The summed E-state index contributed by atoms with van der Waals surface area (Å²) >= 11 is 0. The maximum absolute atomic E-state index is 12.7. The van der Waals surface area contributed by atoms with Crippen molar-refractivity contribution in [1.82, 2.24) is 0 Å². The number of hydrogen-bond acceptors (Lipinski definition) is 3. The molecule has 0 fully saturated rings. The third-order valence-electron chi connectivity index (χ3n) is 3.52. The topological polar surface area (TPSA) is 38.8 Å². The van der Waals surface area contributed by atoms with Crippen molar-refractivity contribution in [2.45, 2.75) is 19.4 Å². The number of carbonyl (C=O) groups is 1. The molecule has 1 amide bonds. The lowest BCUT2D eigenvalue weighted by molar-refractivity contribution is -0.131. The number of nitrogens with zero attached hydrogens (tertiary/aromatic N) is 1. The molecule has 2 aromatic rings. The van der Waals surface area contributed by atoms with Gasteiger partial charge in [0.15, 0.2) is 5.60 Å². The molecule has 2 aromatic carbocycles. The second-order valence-corrected chi connectivity index (χ2v) is 5.42. The molecular weight excluding hydrogens is 266 g/mol. The average molecular weight is 283 g/mol. The summed E-state index contributed by atoms with van der Waals surface area (Å²) in [4.78, 5) is 14.4. The van der Waals surface area contributed by atoms with Crippen molar-refractivity contribution in [2.24, 2.45) is 0 Å². The molecule has 0 aromatic heterocycles. The molecule has 0 radical (unpaired) electrons. The van der Waals surface area contributed by atoms with E-state index in [0.717, 1.165) is 17.1 Å². The van der Waals surface area contributed by atoms with Crippen LogP contribution in [0, 0.1) is 0 Å². The predicted octanol–water partition coefficient (Wildman–Crippen LogP) is 3.53. The van der Waals surface area contributed by atoms with Crippen molar-refractivity contribution in [3.05, 3.63) is 48.5 Å². The maximum Gasteiger partial charge on any atom is 0.275 e. The number of anilines is 2. The molecule has 0 spiro atoms. The van der Waals surface area contributed by atoms with Gasteiger partial charge in [0.25, 0.3) is 5.91 Å². The Labute approximate surface area is 123 Å². The lowest BCUT2D eigenvalue weighted by atomic mass is 10.0. The van der Waals surface area contributed by atoms with Gasteiger partial charge in [-0.15, -0.1) is 0 Å². The van der Waals surface area contributed by atoms with Crippen molar-refractivity contribution >= 4 is 17.3 Å². The van der Waals surface area contributed by atoms with E-state index in [2.05, 4.69) is 0 Å². The van der Waals surface area contributed by atoms with Crippen LogP contribution in [0.5, 0.6) is 11.5 Å². The van der Waals surface area contributed by atoms with Gasteiger partial charge >= 0.3 is 0 Å². The molecule has 0 saturated carbocycles. The number of ether oxygens (including phenoxy) is 2. The molecule has 108 valence electrons. The van der Waals surface area contributed by atoms with Gasteiger partial charge in [-0.25, -0.2) is 0 Å². The molecule has 1 aliphatic heterocycles. The van der Waals surface area contributed by atoms with Gasteiger partial charge in [0, 0.05) is 5.69 Å². The lowest BCUT2D eigenvalue weighted by Gasteiger charge is -2.38. The van der Waals surface area contributed by atoms with E-state index < -0.39 is 5.60 Å². The Morgan fingerprint density at radius 3 is 2.38 bits per heavy atom. The summed E-state index contributed by atoms with van der Waals surface area (Å²) in [5.74, 6) is 1.37. The standard InChI is InChI=1S/C17H17NO3/c1-17(2)16(19)18(12-8-10-13(20-3)11-9-12)14-6-4-5-7-15(14)21-17/h4-11H,1-3H3. The summed E-state index contributed by atoms with van der Waals surface area (Å²) in [6.07, 6.45) is 0. The summed E-state index contributed by atoms with van der Waals surface area (Å²) in [6, 6.07) is 15.0. The minimum Gasteiger partial charge on any atom is -0.497 e. The fourth-order valence-corrected chi connectivity index (χ4v) is 2.41. The number of methoxy groups -OCH3 is 1. The molecule has 1 aliphatic rings. The smallest absolute Gasteiger partial charge is 0.275 e. The van der Waals surface area contributed by atoms with E-state index >= 15 is 0 Å². The van der Waals surface area contributed by atoms with E-state index in [1.165, 1.54) is 0 Å². The van der Waals surface area contributed by atoms with Gasteiger partial charge in [0.05, 0.1) is 12.8 Å². The number of hydrogen-bond donors (Lipinski definition) is 0. The highest BCUT2D eigenvalue weighted by Gasteiger charge is 2.41. The first-order chi connectivity index (χ1) is 10.0. The van der Waals surface area contributed by atoms with Crippen molar-refractivity contribution in [3.63, 3.8) is 0 Å². The number of carbonyl (C=O) groups excluding carboxylic acids is 1. The molecule has 1 heterocycles. The largest absolute Gasteiger partial charge is 0.497 e. The molecule has 3 rings (SSSR count). The molecule has 21 heavy (non-hydrogen) atoms. The number of para-hydroxylation sites is 2. The van der Waals surface area contributed by atoms with Crippen LogP contribution in [0.2, 0.25) is 0 Å². The highest BCUT2D eigenvalue weighted by atomic mass is 16.5. The van der Waals surface area contributed by atoms with Crippen LogP contribution < -0.4 is 14.4 Å². The zero-order valence-corrected chi connectivity index (χ0v) is 12.3. The fraction of sp³-hybridized carbons (Fsp3) is 0.235. The van der Waals surface area contributed by atoms with Crippen molar-refractivity contribution < 1.29 is 14.3 Å². The van der Waals surface area contributed by atoms with Crippen LogP contribution in [-0.4, -0.2) is 18.6 Å². The third-order valence-corrected chi connectivity index (χ3v) is 3.52. The number of rotatable bonds is 2. The van der Waals surface area contributed by atoms with E-state index in [-0.39, 0.29) is 5.91 Å². The second kappa shape index (κ2) is 4.81. The van der Waals surface area contributed by atoms with Crippen LogP contribution in [0.25, 0.3) is 0 Å². The molecule has 0 bridgehead atoms. The fourth-order valence-electron chi connectivity index (χ4n) is 2.41. The minimum atomic E-state index is -0.895. The molecular formula is C17H17NO3. The van der Waals surface area contributed by atoms with Crippen molar-refractivity contribution in [1.29, 1.82) is 0 Å². The van der Waals surface area contributed by atoms with Crippen molar-refractivity contribution in [3.8, 4) is 11.5 Å². The van der Waals surface area contributed by atoms with Gasteiger partial charge in [-0.3, -0.25) is 9.69 Å². The third kappa shape index (κ3) is 2.23. The van der Waals surface area contributed by atoms with E-state index in [4.69, 9.17) is 9.47 Å². The Kier molecular flexibility index (Phi) is 3.09. The monoisotopic (exact) mass is 283 g/mol. The summed E-state index contributed by atoms with van der Waals surface area (Å²) in [5, 5.41) is 0. The van der Waals surface area contributed by atoms with Crippen LogP contribution in [0.15, 0.2) is 48.5 Å². The first kappa shape index (κ1) is 13.5. The van der Waals surface area contributed by atoms with Crippen LogP contribution in [0.3, 0.4) is 0 Å². The van der Waals surface area contributed by atoms with Crippen molar-refractivity contribution in [2.75, 3.05) is 12.0 Å². The average Bonchev–Trinajstić information content (AvgIpc) is 2.48. The molecule has 0 N–H and O–H groups in total. The molecule has 0 aliphatic carbocycles. The van der Waals surface area contributed by atoms with Gasteiger partial charge in [0.1, 0.15) is 11.5 Å². The lowest BCUT2D eigenvalue weighted by Crippen LogP contribution is -2.50. The summed E-state index contributed by atoms with van der Waals surface area (Å²) in [6.45, 7) is 3.56. The zero-order valence-electron chi connectivity index (χ0n) is 12.3. The van der Waals surface area contributed by atoms with Gasteiger partial charge < -0.3 is 9.47 Å². The summed E-state index contributed by atoms with van der Waals surface area (Å²) < 4.78 is 11.0. The van der Waals surface area contributed by atoms with E-state index in [9.17, 15) is 4.79 Å². The number of benzene rings is 2. The quantitative estimate of drug-likeness (QED) is 0.846. The summed E-state index contributed by atoms with van der Waals surface area (Å²) in [7, 11) is 1.62. The van der Waals surface area contributed by atoms with E-state index in [0.29, 0.717) is 5.75 Å². The maximum atomic E-state index is 12.7. The Hall–Kier alpha value is -2.49. The van der Waals surface area contributed by atoms with Gasteiger partial charge in [0.2, 0.25) is 0 Å². The molecule has 0 unspecified atom stereocenters. The normalized spacial score (nSPS) is 16.1. The molecule has 4 nitrogen and oxygen atoms in total. The second-order valence-electron chi connectivity index (χ2n) is 5.42. The molecule has 0 atom stereocenters. The highest BCUT2D eigenvalue weighted by molar-refractivity contribution is 6.07. The first-order valence-electron chi connectivity index (χ1n) is 6.79. The Morgan fingerprint density at radius 1 is 1.05 bits per heavy atom. The van der Waals surface area contributed by atoms with Gasteiger partial charge in [-0.05, 0) is 50.2 Å². The minimum absolute atomic E-state index is 0.0913. The molecule has 4 heteroatoms. The van der Waals surface area contributed by atoms with E-state index in [1.54, 1.807) is 25.9 Å². The highest BCUT2D eigenvalue weighted by Crippen LogP contribution is 2.41.